The van der Waals surface area contributed by atoms with Crippen LogP contribution >= 0.6 is 0 Å². The van der Waals surface area contributed by atoms with Crippen LogP contribution in [0.25, 0.3) is 6.08 Å². The average Bonchev–Trinajstić information content (AvgIpc) is 3.07. The van der Waals surface area contributed by atoms with E-state index < -0.39 is 12.1 Å². The maximum absolute atomic E-state index is 12.6. The quantitative estimate of drug-likeness (QED) is 0.753. The van der Waals surface area contributed by atoms with Crippen molar-refractivity contribution in [2.75, 3.05) is 13.1 Å². The highest BCUT2D eigenvalue weighted by molar-refractivity contribution is 5.94. The molecule has 2 aliphatic rings. The second-order valence-corrected chi connectivity index (χ2v) is 7.36. The highest BCUT2D eigenvalue weighted by Crippen LogP contribution is 2.43. The highest BCUT2D eigenvalue weighted by atomic mass is 19.4. The summed E-state index contributed by atoms with van der Waals surface area (Å²) in [6, 6.07) is 12.4. The first-order chi connectivity index (χ1) is 14.1. The third kappa shape index (κ3) is 4.53. The first-order valence-electron chi connectivity index (χ1n) is 9.43. The van der Waals surface area contributed by atoms with Crippen molar-refractivity contribution in [3.05, 3.63) is 71.1 Å². The minimum absolute atomic E-state index is 0.0996. The monoisotopic (exact) mass is 418 g/mol. The number of pyridine rings is 1. The first-order valence-corrected chi connectivity index (χ1v) is 9.43. The number of carboxylic acids is 1. The summed E-state index contributed by atoms with van der Waals surface area (Å²) >= 11 is 0. The molecule has 30 heavy (non-hydrogen) atoms. The second kappa shape index (κ2) is 8.30. The van der Waals surface area contributed by atoms with Gasteiger partial charge < -0.3 is 10.0 Å². The Morgan fingerprint density at radius 2 is 1.73 bits per heavy atom. The van der Waals surface area contributed by atoms with Crippen LogP contribution in [0.5, 0.6) is 0 Å². The van der Waals surface area contributed by atoms with Crippen molar-refractivity contribution in [3.63, 3.8) is 0 Å². The van der Waals surface area contributed by atoms with Crippen molar-refractivity contribution in [1.29, 1.82) is 0 Å². The van der Waals surface area contributed by atoms with Crippen LogP contribution in [0.1, 0.15) is 40.0 Å². The third-order valence-corrected chi connectivity index (χ3v) is 5.42. The molecule has 1 aromatic heterocycles. The predicted octanol–water partition coefficient (Wildman–Crippen LogP) is 4.22. The number of likely N-dealkylation sites (tertiary alicyclic amines) is 1. The lowest BCUT2D eigenvalue weighted by Gasteiger charge is -2.39. The molecular weight excluding hydrogens is 397 g/mol. The van der Waals surface area contributed by atoms with E-state index in [4.69, 9.17) is 9.90 Å². The molecule has 2 heterocycles. The molecule has 0 atom stereocenters. The van der Waals surface area contributed by atoms with Gasteiger partial charge in [0.15, 0.2) is 0 Å². The van der Waals surface area contributed by atoms with E-state index in [1.165, 1.54) is 11.1 Å². The minimum Gasteiger partial charge on any atom is -0.475 e. The molecule has 1 aromatic carbocycles. The summed E-state index contributed by atoms with van der Waals surface area (Å²) in [5, 5.41) is 7.12. The van der Waals surface area contributed by atoms with Gasteiger partial charge in [-0.05, 0) is 43.0 Å². The van der Waals surface area contributed by atoms with Gasteiger partial charge in [0.2, 0.25) is 0 Å². The van der Waals surface area contributed by atoms with Gasteiger partial charge in [-0.2, -0.15) is 13.2 Å². The molecule has 0 saturated carbocycles. The van der Waals surface area contributed by atoms with E-state index in [2.05, 4.69) is 41.4 Å². The van der Waals surface area contributed by atoms with E-state index in [9.17, 15) is 18.0 Å². The van der Waals surface area contributed by atoms with Crippen molar-refractivity contribution >= 4 is 18.0 Å². The van der Waals surface area contributed by atoms with Crippen LogP contribution < -0.4 is 0 Å². The van der Waals surface area contributed by atoms with E-state index >= 15 is 0 Å². The van der Waals surface area contributed by atoms with Gasteiger partial charge in [-0.1, -0.05) is 36.4 Å². The number of allylic oxidation sites excluding steroid dienone is 1. The molecule has 5 nitrogen and oxygen atoms in total. The number of aromatic nitrogens is 1. The number of carboxylic acid groups (broad SMARTS) is 1. The Kier molecular flexibility index (Phi) is 5.96. The lowest BCUT2D eigenvalue weighted by molar-refractivity contribution is -0.192. The molecule has 0 unspecified atom stereocenters. The van der Waals surface area contributed by atoms with E-state index in [-0.39, 0.29) is 11.3 Å². The Balaban J connectivity index is 0.000000318. The molecule has 1 fully saturated rings. The zero-order valence-electron chi connectivity index (χ0n) is 16.3. The van der Waals surface area contributed by atoms with Gasteiger partial charge in [0.1, 0.15) is 0 Å². The number of aryl methyl sites for hydroxylation is 1. The van der Waals surface area contributed by atoms with E-state index in [0.717, 1.165) is 31.6 Å². The Hall–Kier alpha value is -3.16. The summed E-state index contributed by atoms with van der Waals surface area (Å²) in [6.07, 6.45) is 3.16. The van der Waals surface area contributed by atoms with E-state index in [1.54, 1.807) is 6.20 Å². The predicted molar refractivity (Wildman–Crippen MR) is 105 cm³/mol. The van der Waals surface area contributed by atoms with Gasteiger partial charge in [-0.25, -0.2) is 4.79 Å². The van der Waals surface area contributed by atoms with Crippen LogP contribution in [0.3, 0.4) is 0 Å². The zero-order chi connectivity index (χ0) is 21.9. The first kappa shape index (κ1) is 21.5. The fraction of sp³-hybridized carbons (Fsp3) is 0.318. The van der Waals surface area contributed by atoms with Crippen molar-refractivity contribution in [2.24, 2.45) is 0 Å². The van der Waals surface area contributed by atoms with Crippen molar-refractivity contribution in [3.8, 4) is 0 Å². The number of benzene rings is 1. The Labute approximate surface area is 171 Å². The fourth-order valence-corrected chi connectivity index (χ4v) is 3.76. The molecule has 4 rings (SSSR count). The molecule has 0 radical (unpaired) electrons. The molecule has 158 valence electrons. The minimum atomic E-state index is -5.08. The number of amides is 1. The number of piperidine rings is 1. The number of fused-ring (bicyclic) bond motifs is 2. The molecular formula is C22H21F3N2O3. The van der Waals surface area contributed by atoms with E-state index in [0.29, 0.717) is 5.56 Å². The fourth-order valence-electron chi connectivity index (χ4n) is 3.76. The van der Waals surface area contributed by atoms with Gasteiger partial charge in [-0.3, -0.25) is 9.78 Å². The molecule has 1 aliphatic heterocycles. The largest absolute Gasteiger partial charge is 0.490 e. The second-order valence-electron chi connectivity index (χ2n) is 7.36. The number of aliphatic carboxylic acids is 1. The summed E-state index contributed by atoms with van der Waals surface area (Å²) in [5.74, 6) is -2.66. The van der Waals surface area contributed by atoms with Crippen molar-refractivity contribution in [1.82, 2.24) is 9.88 Å². The van der Waals surface area contributed by atoms with Crippen LogP contribution in [0.4, 0.5) is 13.2 Å². The molecule has 1 amide bonds. The van der Waals surface area contributed by atoms with Gasteiger partial charge >= 0.3 is 12.1 Å². The third-order valence-electron chi connectivity index (χ3n) is 5.42. The number of carbonyl (C=O) groups excluding carboxylic acids is 1. The summed E-state index contributed by atoms with van der Waals surface area (Å²) in [4.78, 5) is 27.7. The van der Waals surface area contributed by atoms with Crippen LogP contribution in [0.2, 0.25) is 0 Å². The number of halogens is 3. The summed E-state index contributed by atoms with van der Waals surface area (Å²) in [5.41, 5.74) is 4.50. The highest BCUT2D eigenvalue weighted by Gasteiger charge is 2.39. The lowest BCUT2D eigenvalue weighted by Crippen LogP contribution is -2.44. The van der Waals surface area contributed by atoms with Gasteiger partial charge in [0.05, 0.1) is 5.56 Å². The normalized spacial score (nSPS) is 16.6. The summed E-state index contributed by atoms with van der Waals surface area (Å²) in [6.45, 7) is 3.53. The van der Waals surface area contributed by atoms with Crippen LogP contribution in [0, 0.1) is 6.92 Å². The topological polar surface area (TPSA) is 70.5 Å². The number of alkyl halides is 3. The molecule has 1 N–H and O–H groups in total. The number of hydrogen-bond acceptors (Lipinski definition) is 3. The van der Waals surface area contributed by atoms with Crippen LogP contribution in [-0.4, -0.2) is 46.1 Å². The molecule has 8 heteroatoms. The molecule has 2 aromatic rings. The molecule has 0 bridgehead atoms. The number of hydrogen-bond donors (Lipinski definition) is 1. The Morgan fingerprint density at radius 3 is 2.30 bits per heavy atom. The number of carbonyl (C=O) groups is 2. The standard InChI is InChI=1S/C20H20N2O.C2HF3O2/c1-15-6-7-17(14-21-15)19(23)22-12-10-20(11-13-22)9-8-16-4-2-3-5-18(16)20;3-2(4,5)1(6)7/h2-9,14H,10-13H2,1H3;(H,6,7). The van der Waals surface area contributed by atoms with E-state index in [1.807, 2.05) is 24.0 Å². The molecule has 1 saturated heterocycles. The smallest absolute Gasteiger partial charge is 0.475 e. The molecule has 1 aliphatic carbocycles. The van der Waals surface area contributed by atoms with Gasteiger partial charge in [0, 0.05) is 30.4 Å². The van der Waals surface area contributed by atoms with Crippen LogP contribution in [-0.2, 0) is 10.2 Å². The summed E-state index contributed by atoms with van der Waals surface area (Å²) < 4.78 is 31.7. The zero-order valence-corrected chi connectivity index (χ0v) is 16.3. The van der Waals surface area contributed by atoms with Gasteiger partial charge in [0.25, 0.3) is 5.91 Å². The molecule has 1 spiro atoms. The van der Waals surface area contributed by atoms with Crippen molar-refractivity contribution in [2.45, 2.75) is 31.4 Å². The SMILES string of the molecule is Cc1ccc(C(=O)N2CCC3(C=Cc4ccccc43)CC2)cn1.O=C(O)C(F)(F)F. The van der Waals surface area contributed by atoms with Crippen LogP contribution in [0.15, 0.2) is 48.7 Å². The van der Waals surface area contributed by atoms with Gasteiger partial charge in [-0.15, -0.1) is 0 Å². The maximum atomic E-state index is 12.6. The van der Waals surface area contributed by atoms with Crippen molar-refractivity contribution < 1.29 is 27.9 Å². The summed E-state index contributed by atoms with van der Waals surface area (Å²) in [7, 11) is 0. The Morgan fingerprint density at radius 1 is 1.10 bits per heavy atom. The average molecular weight is 418 g/mol. The Bertz CT molecular complexity index is 960. The maximum Gasteiger partial charge on any atom is 0.490 e. The number of nitrogens with zero attached hydrogens (tertiary/aromatic N) is 2. The number of rotatable bonds is 1. The lowest BCUT2D eigenvalue weighted by atomic mass is 9.74.